The Bertz CT molecular complexity index is 664. The first-order chi connectivity index (χ1) is 14.9. The molecule has 0 saturated heterocycles. The first-order valence-corrected chi connectivity index (χ1v) is 12.2. The molecule has 8 N–H and O–H groups in total. The molecule has 0 aromatic heterocycles. The van der Waals surface area contributed by atoms with Crippen LogP contribution in [0.15, 0.2) is 0 Å². The Morgan fingerprint density at radius 1 is 0.938 bits per heavy atom. The average Bonchev–Trinajstić information content (AvgIpc) is 2.71. The number of carbonyl (C=O) groups excluding carboxylic acids is 4. The monoisotopic (exact) mass is 493 g/mol. The van der Waals surface area contributed by atoms with Crippen LogP contribution < -0.4 is 27.4 Å². The van der Waals surface area contributed by atoms with Crippen molar-refractivity contribution in [3.05, 3.63) is 0 Å². The zero-order valence-corrected chi connectivity index (χ0v) is 20.3. The summed E-state index contributed by atoms with van der Waals surface area (Å²) in [5.41, 5.74) is 11.0. The van der Waals surface area contributed by atoms with Crippen LogP contribution in [0.5, 0.6) is 0 Å². The number of aliphatic carboxylic acids is 1. The molecule has 0 bridgehead atoms. The third-order valence-corrected chi connectivity index (χ3v) is 5.43. The van der Waals surface area contributed by atoms with Crippen LogP contribution in [0.1, 0.15) is 39.5 Å². The highest BCUT2D eigenvalue weighted by Gasteiger charge is 2.30. The maximum Gasteiger partial charge on any atom is 0.326 e. The summed E-state index contributed by atoms with van der Waals surface area (Å²) in [7, 11) is 0. The summed E-state index contributed by atoms with van der Waals surface area (Å²) >= 11 is 5.60. The molecule has 4 unspecified atom stereocenters. The molecule has 4 amide bonds. The highest BCUT2D eigenvalue weighted by molar-refractivity contribution is 7.98. The molecule has 0 fully saturated rings. The van der Waals surface area contributed by atoms with Gasteiger partial charge in [0.1, 0.15) is 18.1 Å². The van der Waals surface area contributed by atoms with Crippen LogP contribution in [0.2, 0.25) is 0 Å². The van der Waals surface area contributed by atoms with E-state index in [0.717, 1.165) is 0 Å². The number of amides is 4. The van der Waals surface area contributed by atoms with E-state index < -0.39 is 53.8 Å². The minimum absolute atomic E-state index is 0.00541. The van der Waals surface area contributed by atoms with Crippen molar-refractivity contribution >= 4 is 54.0 Å². The number of nitrogens with one attached hydrogen (secondary N) is 3. The Morgan fingerprint density at radius 3 is 1.94 bits per heavy atom. The molecule has 0 heterocycles. The topological polar surface area (TPSA) is 194 Å². The highest BCUT2D eigenvalue weighted by Crippen LogP contribution is 2.07. The summed E-state index contributed by atoms with van der Waals surface area (Å²) in [6.45, 7) is 3.61. The fourth-order valence-corrected chi connectivity index (χ4v) is 3.39. The van der Waals surface area contributed by atoms with Crippen molar-refractivity contribution in [2.75, 3.05) is 17.8 Å². The first-order valence-electron chi connectivity index (χ1n) is 10.2. The molecule has 11 nitrogen and oxygen atoms in total. The molecular weight excluding hydrogens is 458 g/mol. The summed E-state index contributed by atoms with van der Waals surface area (Å²) < 4.78 is 0. The number of thioether (sulfide) groups is 1. The molecule has 0 aliphatic carbocycles. The van der Waals surface area contributed by atoms with Gasteiger partial charge in [-0.1, -0.05) is 13.8 Å². The maximum atomic E-state index is 12.7. The van der Waals surface area contributed by atoms with Crippen LogP contribution >= 0.6 is 24.4 Å². The Morgan fingerprint density at radius 2 is 1.47 bits per heavy atom. The number of carbonyl (C=O) groups is 5. The van der Waals surface area contributed by atoms with Gasteiger partial charge in [-0.3, -0.25) is 19.2 Å². The lowest BCUT2D eigenvalue weighted by molar-refractivity contribution is -0.143. The number of hydrogen-bond acceptors (Lipinski definition) is 8. The van der Waals surface area contributed by atoms with E-state index in [1.54, 1.807) is 13.8 Å². The van der Waals surface area contributed by atoms with Crippen molar-refractivity contribution in [3.8, 4) is 0 Å². The van der Waals surface area contributed by atoms with Crippen LogP contribution in [0.25, 0.3) is 0 Å². The minimum Gasteiger partial charge on any atom is -0.480 e. The second-order valence-electron chi connectivity index (χ2n) is 7.73. The Hall–Kier alpha value is -1.99. The highest BCUT2D eigenvalue weighted by atomic mass is 32.2. The van der Waals surface area contributed by atoms with Crippen LogP contribution in [-0.4, -0.2) is 76.6 Å². The van der Waals surface area contributed by atoms with Crippen LogP contribution in [0.3, 0.4) is 0 Å². The van der Waals surface area contributed by atoms with Gasteiger partial charge in [-0.15, -0.1) is 0 Å². The van der Waals surface area contributed by atoms with Crippen molar-refractivity contribution in [2.45, 2.75) is 63.7 Å². The quantitative estimate of drug-likeness (QED) is 0.131. The number of nitrogens with two attached hydrogens (primary N) is 2. The lowest BCUT2D eigenvalue weighted by Crippen LogP contribution is -2.57. The van der Waals surface area contributed by atoms with E-state index in [2.05, 4.69) is 28.6 Å². The van der Waals surface area contributed by atoms with Gasteiger partial charge in [0.2, 0.25) is 23.6 Å². The normalized spacial score (nSPS) is 14.7. The third-order valence-electron chi connectivity index (χ3n) is 4.42. The summed E-state index contributed by atoms with van der Waals surface area (Å²) in [6, 6.07) is -4.28. The molecule has 0 radical (unpaired) electrons. The molecule has 0 aromatic carbocycles. The number of rotatable bonds is 16. The summed E-state index contributed by atoms with van der Waals surface area (Å²) in [4.78, 5) is 60.2. The van der Waals surface area contributed by atoms with Gasteiger partial charge in [-0.25, -0.2) is 4.79 Å². The van der Waals surface area contributed by atoms with Crippen LogP contribution in [0, 0.1) is 5.92 Å². The summed E-state index contributed by atoms with van der Waals surface area (Å²) in [5.74, 6) is -3.33. The Balaban J connectivity index is 5.29. The van der Waals surface area contributed by atoms with Gasteiger partial charge in [-0.2, -0.15) is 24.4 Å². The van der Waals surface area contributed by atoms with E-state index in [1.807, 2.05) is 6.26 Å². The summed E-state index contributed by atoms with van der Waals surface area (Å²) in [5, 5.41) is 16.7. The zero-order valence-electron chi connectivity index (χ0n) is 18.6. The van der Waals surface area contributed by atoms with Crippen molar-refractivity contribution < 1.29 is 29.1 Å². The molecule has 0 aliphatic rings. The third kappa shape index (κ3) is 12.2. The average molecular weight is 494 g/mol. The zero-order chi connectivity index (χ0) is 24.8. The Kier molecular flexibility index (Phi) is 14.8. The van der Waals surface area contributed by atoms with Gasteiger partial charge >= 0.3 is 5.97 Å². The fraction of sp³-hybridized carbons (Fsp3) is 0.737. The van der Waals surface area contributed by atoms with Crippen molar-refractivity contribution in [2.24, 2.45) is 17.4 Å². The molecule has 184 valence electrons. The minimum atomic E-state index is -1.23. The molecule has 0 rings (SSSR count). The first kappa shape index (κ1) is 30.0. The lowest BCUT2D eigenvalue weighted by atomic mass is 10.0. The van der Waals surface area contributed by atoms with Gasteiger partial charge in [0.15, 0.2) is 0 Å². The van der Waals surface area contributed by atoms with Crippen LogP contribution in [-0.2, 0) is 24.0 Å². The fourth-order valence-electron chi connectivity index (χ4n) is 2.64. The smallest absolute Gasteiger partial charge is 0.326 e. The second-order valence-corrected chi connectivity index (χ2v) is 9.08. The van der Waals surface area contributed by atoms with E-state index in [-0.39, 0.29) is 30.9 Å². The van der Waals surface area contributed by atoms with E-state index in [9.17, 15) is 29.1 Å². The number of thiol groups is 1. The van der Waals surface area contributed by atoms with Gasteiger partial charge in [0, 0.05) is 12.2 Å². The molecular formula is C19H35N5O6S2. The SMILES string of the molecule is CSCCC(N)C(=O)NC(CS)C(=O)NC(CCC(N)=O)C(=O)NC(CC(C)C)C(=O)O. The van der Waals surface area contributed by atoms with Crippen molar-refractivity contribution in [1.82, 2.24) is 16.0 Å². The largest absolute Gasteiger partial charge is 0.480 e. The van der Waals surface area contributed by atoms with Gasteiger partial charge in [0.25, 0.3) is 0 Å². The number of carboxylic acid groups (broad SMARTS) is 1. The lowest BCUT2D eigenvalue weighted by Gasteiger charge is -2.25. The predicted octanol–water partition coefficient (Wildman–Crippen LogP) is -1.15. The van der Waals surface area contributed by atoms with E-state index in [1.165, 1.54) is 11.8 Å². The standard InChI is InChI=1S/C19H35N5O6S2/c1-10(2)8-13(19(29)30)23-17(27)12(4-5-15(21)25)22-18(28)14(9-31)24-16(26)11(20)6-7-32-3/h10-14,31H,4-9,20H2,1-3H3,(H2,21,25)(H,22,28)(H,23,27)(H,24,26)(H,29,30). The van der Waals surface area contributed by atoms with E-state index >= 15 is 0 Å². The van der Waals surface area contributed by atoms with Gasteiger partial charge in [-0.05, 0) is 37.2 Å². The van der Waals surface area contributed by atoms with Gasteiger partial charge in [0.05, 0.1) is 6.04 Å². The molecule has 0 aromatic rings. The van der Waals surface area contributed by atoms with E-state index in [4.69, 9.17) is 11.5 Å². The molecule has 0 aliphatic heterocycles. The van der Waals surface area contributed by atoms with Gasteiger partial charge < -0.3 is 32.5 Å². The Labute approximate surface area is 198 Å². The van der Waals surface area contributed by atoms with Crippen LogP contribution in [0.4, 0.5) is 0 Å². The number of primary amides is 1. The number of carboxylic acids is 1. The number of hydrogen-bond donors (Lipinski definition) is 7. The van der Waals surface area contributed by atoms with Crippen molar-refractivity contribution in [3.63, 3.8) is 0 Å². The molecule has 0 saturated carbocycles. The molecule has 0 spiro atoms. The molecule has 4 atom stereocenters. The predicted molar refractivity (Wildman–Crippen MR) is 126 cm³/mol. The second kappa shape index (κ2) is 15.8. The summed E-state index contributed by atoms with van der Waals surface area (Å²) in [6.07, 6.45) is 2.13. The van der Waals surface area contributed by atoms with E-state index in [0.29, 0.717) is 12.2 Å². The van der Waals surface area contributed by atoms with Crippen molar-refractivity contribution in [1.29, 1.82) is 0 Å². The molecule has 13 heteroatoms. The molecule has 32 heavy (non-hydrogen) atoms. The maximum absolute atomic E-state index is 12.7.